The van der Waals surface area contributed by atoms with Crippen LogP contribution < -0.4 is 0 Å². The Morgan fingerprint density at radius 3 is 2.79 bits per heavy atom. The molecular formula is C15H12BrFN2. The maximum Gasteiger partial charge on any atom is 0.139 e. The molecule has 0 spiro atoms. The third kappa shape index (κ3) is 2.06. The van der Waals surface area contributed by atoms with Gasteiger partial charge >= 0.3 is 0 Å². The maximum absolute atomic E-state index is 13.6. The van der Waals surface area contributed by atoms with Crippen LogP contribution in [0, 0.1) is 19.7 Å². The summed E-state index contributed by atoms with van der Waals surface area (Å²) in [6, 6.07) is 9.08. The first-order chi connectivity index (χ1) is 9.06. The Morgan fingerprint density at radius 1 is 1.21 bits per heavy atom. The van der Waals surface area contributed by atoms with E-state index in [0.29, 0.717) is 10.3 Å². The average Bonchev–Trinajstić information content (AvgIpc) is 2.76. The van der Waals surface area contributed by atoms with Crippen LogP contribution in [0.15, 0.2) is 34.8 Å². The van der Waals surface area contributed by atoms with E-state index in [2.05, 4.69) is 32.0 Å². The van der Waals surface area contributed by atoms with Gasteiger partial charge in [0.2, 0.25) is 0 Å². The number of nitrogens with zero attached hydrogens (tertiary/aromatic N) is 1. The fourth-order valence-electron chi connectivity index (χ4n) is 2.29. The monoisotopic (exact) mass is 318 g/mol. The number of H-pyrrole nitrogens is 1. The van der Waals surface area contributed by atoms with E-state index in [9.17, 15) is 4.39 Å². The Hall–Kier alpha value is -1.68. The molecule has 0 unspecified atom stereocenters. The number of nitrogens with one attached hydrogen (secondary N) is 1. The van der Waals surface area contributed by atoms with E-state index in [4.69, 9.17) is 0 Å². The summed E-state index contributed by atoms with van der Waals surface area (Å²) in [6.07, 6.45) is 0. The second kappa shape index (κ2) is 4.46. The molecule has 0 saturated carbocycles. The van der Waals surface area contributed by atoms with Crippen LogP contribution in [0.1, 0.15) is 11.1 Å². The molecule has 3 rings (SSSR count). The fraction of sp³-hybridized carbons (Fsp3) is 0.133. The number of aryl methyl sites for hydroxylation is 2. The molecule has 2 aromatic carbocycles. The van der Waals surface area contributed by atoms with E-state index >= 15 is 0 Å². The number of halogens is 2. The molecule has 19 heavy (non-hydrogen) atoms. The molecule has 0 aliphatic carbocycles. The van der Waals surface area contributed by atoms with E-state index in [-0.39, 0.29) is 5.82 Å². The summed E-state index contributed by atoms with van der Waals surface area (Å²) < 4.78 is 14.0. The van der Waals surface area contributed by atoms with Crippen molar-refractivity contribution in [2.75, 3.05) is 0 Å². The first-order valence-corrected chi connectivity index (χ1v) is 6.77. The van der Waals surface area contributed by atoms with Gasteiger partial charge in [-0.1, -0.05) is 12.1 Å². The lowest BCUT2D eigenvalue weighted by atomic mass is 10.1. The van der Waals surface area contributed by atoms with E-state index in [1.807, 2.05) is 26.0 Å². The molecule has 4 heteroatoms. The van der Waals surface area contributed by atoms with Crippen LogP contribution in [0.5, 0.6) is 0 Å². The Balaban J connectivity index is 2.26. The van der Waals surface area contributed by atoms with Gasteiger partial charge in [-0.3, -0.25) is 0 Å². The average molecular weight is 319 g/mol. The highest BCUT2D eigenvalue weighted by atomic mass is 79.9. The molecule has 0 saturated heterocycles. The van der Waals surface area contributed by atoms with Crippen molar-refractivity contribution in [2.45, 2.75) is 13.8 Å². The van der Waals surface area contributed by atoms with E-state index < -0.39 is 0 Å². The van der Waals surface area contributed by atoms with E-state index in [0.717, 1.165) is 22.2 Å². The zero-order valence-electron chi connectivity index (χ0n) is 10.6. The number of hydrogen-bond acceptors (Lipinski definition) is 1. The van der Waals surface area contributed by atoms with Crippen molar-refractivity contribution in [3.63, 3.8) is 0 Å². The summed E-state index contributed by atoms with van der Waals surface area (Å²) in [5, 5.41) is 0. The number of aromatic nitrogens is 2. The molecule has 0 atom stereocenters. The Kier molecular flexibility index (Phi) is 2.90. The highest BCUT2D eigenvalue weighted by Gasteiger charge is 2.12. The van der Waals surface area contributed by atoms with Crippen molar-refractivity contribution in [3.8, 4) is 11.4 Å². The van der Waals surface area contributed by atoms with Gasteiger partial charge in [-0.25, -0.2) is 9.37 Å². The summed E-state index contributed by atoms with van der Waals surface area (Å²) in [4.78, 5) is 7.83. The molecule has 2 nitrogen and oxygen atoms in total. The molecule has 1 heterocycles. The first kappa shape index (κ1) is 12.4. The van der Waals surface area contributed by atoms with Gasteiger partial charge in [-0.2, -0.15) is 0 Å². The van der Waals surface area contributed by atoms with Crippen molar-refractivity contribution >= 4 is 27.0 Å². The molecule has 0 radical (unpaired) electrons. The van der Waals surface area contributed by atoms with Gasteiger partial charge in [0.05, 0.1) is 15.5 Å². The van der Waals surface area contributed by atoms with Crippen molar-refractivity contribution in [3.05, 3.63) is 51.7 Å². The van der Waals surface area contributed by atoms with Crippen LogP contribution in [0.4, 0.5) is 4.39 Å². The van der Waals surface area contributed by atoms with Crippen molar-refractivity contribution in [1.29, 1.82) is 0 Å². The molecule has 0 amide bonds. The minimum Gasteiger partial charge on any atom is -0.338 e. The number of imidazole rings is 1. The zero-order valence-corrected chi connectivity index (χ0v) is 12.2. The number of fused-ring (bicyclic) bond motifs is 1. The van der Waals surface area contributed by atoms with Crippen LogP contribution in [-0.2, 0) is 0 Å². The molecule has 0 bridgehead atoms. The second-order valence-corrected chi connectivity index (χ2v) is 5.46. The standard InChI is InChI=1S/C15H12BrFN2/c1-8-6-9(2)14-12(7-8)18-15(19-14)10-4-3-5-11(17)13(10)16/h3-7H,1-2H3,(H,18,19). The second-order valence-electron chi connectivity index (χ2n) is 4.66. The van der Waals surface area contributed by atoms with Gasteiger partial charge < -0.3 is 4.98 Å². The summed E-state index contributed by atoms with van der Waals surface area (Å²) in [7, 11) is 0. The minimum absolute atomic E-state index is 0.286. The molecule has 3 aromatic rings. The Morgan fingerprint density at radius 2 is 2.00 bits per heavy atom. The first-order valence-electron chi connectivity index (χ1n) is 5.97. The van der Waals surface area contributed by atoms with Crippen LogP contribution in [0.25, 0.3) is 22.4 Å². The van der Waals surface area contributed by atoms with Crippen molar-refractivity contribution < 1.29 is 4.39 Å². The van der Waals surface area contributed by atoms with Gasteiger partial charge in [0, 0.05) is 5.56 Å². The zero-order chi connectivity index (χ0) is 13.6. The predicted octanol–water partition coefficient (Wildman–Crippen LogP) is 4.75. The number of benzene rings is 2. The number of hydrogen-bond donors (Lipinski definition) is 1. The smallest absolute Gasteiger partial charge is 0.139 e. The van der Waals surface area contributed by atoms with E-state index in [1.165, 1.54) is 11.6 Å². The van der Waals surface area contributed by atoms with Gasteiger partial charge in [-0.15, -0.1) is 0 Å². The lowest BCUT2D eigenvalue weighted by Gasteiger charge is -2.00. The lowest BCUT2D eigenvalue weighted by molar-refractivity contribution is 0.621. The quantitative estimate of drug-likeness (QED) is 0.689. The van der Waals surface area contributed by atoms with Crippen molar-refractivity contribution in [2.24, 2.45) is 0 Å². The summed E-state index contributed by atoms with van der Waals surface area (Å²) in [5.74, 6) is 0.390. The SMILES string of the molecule is Cc1cc(C)c2nc(-c3cccc(F)c3Br)[nH]c2c1. The molecule has 0 aliphatic heterocycles. The normalized spacial score (nSPS) is 11.2. The van der Waals surface area contributed by atoms with Crippen LogP contribution in [0.3, 0.4) is 0 Å². The topological polar surface area (TPSA) is 28.7 Å². The summed E-state index contributed by atoms with van der Waals surface area (Å²) in [5.41, 5.74) is 4.93. The molecule has 0 fully saturated rings. The summed E-state index contributed by atoms with van der Waals surface area (Å²) >= 11 is 3.27. The van der Waals surface area contributed by atoms with Gasteiger partial charge in [0.25, 0.3) is 0 Å². The summed E-state index contributed by atoms with van der Waals surface area (Å²) in [6.45, 7) is 4.08. The third-order valence-corrected chi connectivity index (χ3v) is 3.93. The third-order valence-electron chi connectivity index (χ3n) is 3.13. The number of aromatic amines is 1. The van der Waals surface area contributed by atoms with Crippen molar-refractivity contribution in [1.82, 2.24) is 9.97 Å². The Bertz CT molecular complexity index is 777. The molecule has 1 aromatic heterocycles. The molecular weight excluding hydrogens is 307 g/mol. The molecule has 1 N–H and O–H groups in total. The fourth-order valence-corrected chi connectivity index (χ4v) is 2.74. The van der Waals surface area contributed by atoms with Crippen LogP contribution >= 0.6 is 15.9 Å². The minimum atomic E-state index is -0.286. The Labute approximate surface area is 118 Å². The predicted molar refractivity (Wildman–Crippen MR) is 78.7 cm³/mol. The van der Waals surface area contributed by atoms with Gasteiger partial charge in [0.1, 0.15) is 11.6 Å². The highest BCUT2D eigenvalue weighted by Crippen LogP contribution is 2.30. The number of rotatable bonds is 1. The highest BCUT2D eigenvalue weighted by molar-refractivity contribution is 9.10. The van der Waals surface area contributed by atoms with Gasteiger partial charge in [-0.05, 0) is 59.1 Å². The molecule has 0 aliphatic rings. The lowest BCUT2D eigenvalue weighted by Crippen LogP contribution is -1.85. The van der Waals surface area contributed by atoms with E-state index in [1.54, 1.807) is 6.07 Å². The van der Waals surface area contributed by atoms with Crippen LogP contribution in [-0.4, -0.2) is 9.97 Å². The van der Waals surface area contributed by atoms with Crippen LogP contribution in [0.2, 0.25) is 0 Å². The van der Waals surface area contributed by atoms with Gasteiger partial charge in [0.15, 0.2) is 0 Å². The largest absolute Gasteiger partial charge is 0.338 e. The maximum atomic E-state index is 13.6. The molecule has 96 valence electrons.